The number of furan rings is 1. The van der Waals surface area contributed by atoms with Crippen LogP contribution in [0, 0.1) is 18.2 Å². The zero-order valence-corrected chi connectivity index (χ0v) is 26.5. The molecule has 12 heteroatoms. The second-order valence-corrected chi connectivity index (χ2v) is 11.9. The summed E-state index contributed by atoms with van der Waals surface area (Å²) in [6.45, 7) is 6.94. The first-order valence-corrected chi connectivity index (χ1v) is 15.1. The van der Waals surface area contributed by atoms with Crippen LogP contribution in [0.3, 0.4) is 0 Å². The van der Waals surface area contributed by atoms with Gasteiger partial charge < -0.3 is 23.5 Å². The smallest absolute Gasteiger partial charge is 0.329 e. The number of hydrogen-bond donors (Lipinski definition) is 1. The molecule has 3 heterocycles. The molecule has 2 amide bonds. The number of pyridine rings is 1. The number of fused-ring (bicyclic) bond motifs is 2. The third-order valence-corrected chi connectivity index (χ3v) is 8.54. The van der Waals surface area contributed by atoms with Crippen LogP contribution in [0.1, 0.15) is 43.9 Å². The van der Waals surface area contributed by atoms with Crippen LogP contribution < -0.4 is 25.4 Å². The van der Waals surface area contributed by atoms with Gasteiger partial charge in [-0.05, 0) is 88.1 Å². The Kier molecular flexibility index (Phi) is 9.03. The third-order valence-electron chi connectivity index (χ3n) is 8.54. The average molecular weight is 639 g/mol. The molecule has 5 rings (SSSR count). The van der Waals surface area contributed by atoms with Crippen molar-refractivity contribution in [1.82, 2.24) is 9.88 Å². The van der Waals surface area contributed by atoms with Gasteiger partial charge in [-0.15, -0.1) is 0 Å². The quantitative estimate of drug-likeness (QED) is 0.128. The van der Waals surface area contributed by atoms with Crippen LogP contribution in [0.4, 0.5) is 24.5 Å². The topological polar surface area (TPSA) is 97.0 Å². The summed E-state index contributed by atoms with van der Waals surface area (Å²) in [5.41, 5.74) is -0.473. The maximum Gasteiger partial charge on any atom is 0.329 e. The fraction of sp³-hybridized carbons (Fsp3) is 0.382. The number of carbonyl (C=O) groups excluding carboxylic acids is 2. The van der Waals surface area contributed by atoms with Gasteiger partial charge in [-0.25, -0.2) is 4.39 Å². The lowest BCUT2D eigenvalue weighted by atomic mass is 9.90. The van der Waals surface area contributed by atoms with E-state index in [4.69, 9.17) is 9.15 Å². The number of aromatic nitrogens is 1. The molecule has 0 fully saturated rings. The minimum Gasteiger partial charge on any atom is -0.493 e. The molecule has 0 unspecified atom stereocenters. The van der Waals surface area contributed by atoms with E-state index in [0.29, 0.717) is 29.1 Å². The van der Waals surface area contributed by atoms with Gasteiger partial charge in [0.25, 0.3) is 5.56 Å². The van der Waals surface area contributed by atoms with Crippen molar-refractivity contribution >= 4 is 34.2 Å². The van der Waals surface area contributed by atoms with Gasteiger partial charge in [-0.3, -0.25) is 19.7 Å². The maximum atomic E-state index is 15.3. The van der Waals surface area contributed by atoms with Crippen molar-refractivity contribution in [2.75, 3.05) is 36.5 Å². The van der Waals surface area contributed by atoms with Crippen molar-refractivity contribution in [2.24, 2.45) is 5.41 Å². The molecule has 4 aromatic rings. The minimum atomic E-state index is -3.45. The lowest BCUT2D eigenvalue weighted by Gasteiger charge is -2.27. The molecule has 1 N–H and O–H groups in total. The SMILES string of the molecule is CCN1C(=O)C(C)(C)C(=O)N(C)c2cc(OCCCNC(F)(F)c3ccc(F)c(CCn4ccc5ccoc5c4=O)c3C)ccc21. The molecular weight excluding hydrogens is 601 g/mol. The normalized spacial score (nSPS) is 15.0. The van der Waals surface area contributed by atoms with E-state index < -0.39 is 17.3 Å². The highest BCUT2D eigenvalue weighted by Crippen LogP contribution is 2.40. The van der Waals surface area contributed by atoms with Crippen molar-refractivity contribution < 1.29 is 31.9 Å². The molecule has 0 aliphatic carbocycles. The van der Waals surface area contributed by atoms with E-state index in [0.717, 1.165) is 12.1 Å². The van der Waals surface area contributed by atoms with Crippen LogP contribution in [0.2, 0.25) is 0 Å². The number of carbonyl (C=O) groups is 2. The number of nitrogens with zero attached hydrogens (tertiary/aromatic N) is 3. The van der Waals surface area contributed by atoms with E-state index in [2.05, 4.69) is 5.32 Å². The number of halogens is 3. The number of amides is 2. The van der Waals surface area contributed by atoms with Gasteiger partial charge in [0, 0.05) is 49.9 Å². The van der Waals surface area contributed by atoms with E-state index in [9.17, 15) is 18.8 Å². The van der Waals surface area contributed by atoms with Crippen LogP contribution >= 0.6 is 0 Å². The molecule has 0 saturated heterocycles. The number of aryl methyl sites for hydroxylation is 1. The molecule has 0 bridgehead atoms. The summed E-state index contributed by atoms with van der Waals surface area (Å²) >= 11 is 0. The van der Waals surface area contributed by atoms with Crippen LogP contribution in [-0.2, 0) is 28.6 Å². The Hall–Kier alpha value is -4.58. The van der Waals surface area contributed by atoms with Crippen molar-refractivity contribution in [3.05, 3.63) is 87.8 Å². The van der Waals surface area contributed by atoms with E-state index in [1.807, 2.05) is 6.92 Å². The molecule has 244 valence electrons. The van der Waals surface area contributed by atoms with Crippen LogP contribution in [0.5, 0.6) is 5.75 Å². The Morgan fingerprint density at radius 3 is 2.52 bits per heavy atom. The maximum absolute atomic E-state index is 15.3. The van der Waals surface area contributed by atoms with Gasteiger partial charge in [-0.1, -0.05) is 0 Å². The van der Waals surface area contributed by atoms with E-state index in [-0.39, 0.29) is 72.2 Å². The molecule has 0 spiro atoms. The fourth-order valence-corrected chi connectivity index (χ4v) is 5.85. The number of ether oxygens (including phenoxy) is 1. The predicted octanol–water partition coefficient (Wildman–Crippen LogP) is 5.75. The summed E-state index contributed by atoms with van der Waals surface area (Å²) in [6, 6.07) is 7.06. The Morgan fingerprint density at radius 1 is 1.02 bits per heavy atom. The Morgan fingerprint density at radius 2 is 1.78 bits per heavy atom. The van der Waals surface area contributed by atoms with Crippen molar-refractivity contribution in [3.63, 3.8) is 0 Å². The number of nitrogens with one attached hydrogen (secondary N) is 1. The third kappa shape index (κ3) is 6.01. The highest BCUT2D eigenvalue weighted by Gasteiger charge is 2.45. The predicted molar refractivity (Wildman–Crippen MR) is 169 cm³/mol. The van der Waals surface area contributed by atoms with E-state index in [1.165, 1.54) is 22.7 Å². The van der Waals surface area contributed by atoms with Gasteiger partial charge in [0.15, 0.2) is 5.58 Å². The molecule has 46 heavy (non-hydrogen) atoms. The zero-order valence-electron chi connectivity index (χ0n) is 26.5. The highest BCUT2D eigenvalue weighted by molar-refractivity contribution is 6.20. The lowest BCUT2D eigenvalue weighted by Crippen LogP contribution is -2.47. The lowest BCUT2D eigenvalue weighted by molar-refractivity contribution is -0.137. The number of rotatable bonds is 11. The van der Waals surface area contributed by atoms with Crippen LogP contribution in [-0.4, -0.2) is 43.1 Å². The second-order valence-electron chi connectivity index (χ2n) is 11.9. The Labute approximate surface area is 264 Å². The minimum absolute atomic E-state index is 0.0325. The molecule has 1 aliphatic rings. The molecule has 0 radical (unpaired) electrons. The first-order chi connectivity index (χ1) is 21.8. The van der Waals surface area contributed by atoms with E-state index in [1.54, 1.807) is 62.3 Å². The summed E-state index contributed by atoms with van der Waals surface area (Å²) in [7, 11) is 1.60. The molecule has 0 saturated carbocycles. The van der Waals surface area contributed by atoms with Gasteiger partial charge in [0.2, 0.25) is 11.8 Å². The largest absolute Gasteiger partial charge is 0.493 e. The standard InChI is InChI=1S/C34H37F3N4O5/c1-6-41-27-11-8-23(20-28(27)39(5)31(43)33(3,4)32(41)44)45-18-7-15-38-34(36,37)25-9-10-26(35)24(21(25)2)13-17-40-16-12-22-14-19-46-29(22)30(40)42/h8-12,14,16,19-20,38H,6-7,13,15,17-18H2,1-5H3. The van der Waals surface area contributed by atoms with Gasteiger partial charge in [-0.2, -0.15) is 8.78 Å². The molecule has 2 aromatic heterocycles. The van der Waals surface area contributed by atoms with Crippen molar-refractivity contribution in [2.45, 2.75) is 53.1 Å². The van der Waals surface area contributed by atoms with Crippen LogP contribution in [0.25, 0.3) is 11.0 Å². The molecule has 1 aliphatic heterocycles. The number of anilines is 2. The average Bonchev–Trinajstić information content (AvgIpc) is 3.50. The summed E-state index contributed by atoms with van der Waals surface area (Å²) in [5, 5.41) is 2.89. The summed E-state index contributed by atoms with van der Waals surface area (Å²) in [6.07, 6.45) is 3.23. The van der Waals surface area contributed by atoms with Crippen molar-refractivity contribution in [3.8, 4) is 5.75 Å². The first-order valence-electron chi connectivity index (χ1n) is 15.1. The molecule has 9 nitrogen and oxygen atoms in total. The summed E-state index contributed by atoms with van der Waals surface area (Å²) < 4.78 is 57.8. The monoisotopic (exact) mass is 638 g/mol. The first kappa shape index (κ1) is 32.8. The van der Waals surface area contributed by atoms with Crippen LogP contribution in [0.15, 0.2) is 64.1 Å². The van der Waals surface area contributed by atoms with Crippen molar-refractivity contribution in [1.29, 1.82) is 0 Å². The number of alkyl halides is 2. The van der Waals surface area contributed by atoms with Gasteiger partial charge in [0.1, 0.15) is 17.0 Å². The summed E-state index contributed by atoms with van der Waals surface area (Å²) in [4.78, 5) is 41.8. The second kappa shape index (κ2) is 12.7. The number of benzene rings is 2. The highest BCUT2D eigenvalue weighted by atomic mass is 19.3. The van der Waals surface area contributed by atoms with Gasteiger partial charge in [0.05, 0.1) is 24.2 Å². The van der Waals surface area contributed by atoms with Gasteiger partial charge >= 0.3 is 6.05 Å². The Balaban J connectivity index is 1.21. The Bertz CT molecular complexity index is 1850. The zero-order chi connectivity index (χ0) is 33.4. The molecule has 2 aromatic carbocycles. The molecular formula is C34H37F3N4O5. The fourth-order valence-electron chi connectivity index (χ4n) is 5.85. The molecule has 0 atom stereocenters. The summed E-state index contributed by atoms with van der Waals surface area (Å²) in [5.74, 6) is -0.836. The number of hydrogen-bond acceptors (Lipinski definition) is 6. The van der Waals surface area contributed by atoms with E-state index >= 15 is 8.78 Å².